The maximum atomic E-state index is 12.7. The minimum Gasteiger partial charge on any atom is -0.493 e. The Morgan fingerprint density at radius 1 is 0.906 bits per heavy atom. The molecule has 0 amide bonds. The molecular formula is C27H27ClO4. The van der Waals surface area contributed by atoms with Crippen molar-refractivity contribution in [2.45, 2.75) is 44.6 Å². The maximum Gasteiger partial charge on any atom is 0.343 e. The summed E-state index contributed by atoms with van der Waals surface area (Å²) in [5.41, 5.74) is 2.71. The van der Waals surface area contributed by atoms with Gasteiger partial charge in [0.25, 0.3) is 0 Å². The van der Waals surface area contributed by atoms with Crippen molar-refractivity contribution < 1.29 is 19.0 Å². The summed E-state index contributed by atoms with van der Waals surface area (Å²) in [4.78, 5) is 12.7. The van der Waals surface area contributed by atoms with Gasteiger partial charge < -0.3 is 14.2 Å². The number of benzene rings is 3. The number of carbonyl (C=O) groups excluding carboxylic acids is 1. The SMILES string of the molecule is COc1cc(C(=O)Oc2ccc(C3CCCCC3)cc2)ccc1OCc1ccc(Cl)cc1. The van der Waals surface area contributed by atoms with Gasteiger partial charge in [0.05, 0.1) is 12.7 Å². The average Bonchev–Trinajstić information content (AvgIpc) is 2.84. The number of halogens is 1. The van der Waals surface area contributed by atoms with Crippen molar-refractivity contribution in [2.24, 2.45) is 0 Å². The van der Waals surface area contributed by atoms with Crippen LogP contribution in [0, 0.1) is 0 Å². The first kappa shape index (κ1) is 22.2. The van der Waals surface area contributed by atoms with Gasteiger partial charge in [0.15, 0.2) is 11.5 Å². The van der Waals surface area contributed by atoms with Crippen LogP contribution in [0.1, 0.15) is 59.5 Å². The lowest BCUT2D eigenvalue weighted by atomic mass is 9.84. The molecule has 3 aromatic carbocycles. The monoisotopic (exact) mass is 450 g/mol. The molecule has 0 N–H and O–H groups in total. The van der Waals surface area contributed by atoms with E-state index in [9.17, 15) is 4.79 Å². The fourth-order valence-corrected chi connectivity index (χ4v) is 4.19. The van der Waals surface area contributed by atoms with Gasteiger partial charge in [-0.15, -0.1) is 0 Å². The molecule has 3 aromatic rings. The standard InChI is InChI=1S/C27H27ClO4/c1-30-26-17-22(11-16-25(26)31-18-19-7-12-23(28)13-8-19)27(29)32-24-14-9-21(10-15-24)20-5-3-2-4-6-20/h7-17,20H,2-6,18H2,1H3. The summed E-state index contributed by atoms with van der Waals surface area (Å²) >= 11 is 5.92. The molecule has 1 saturated carbocycles. The fourth-order valence-electron chi connectivity index (χ4n) is 4.07. The van der Waals surface area contributed by atoms with Crippen LogP contribution in [0.5, 0.6) is 17.2 Å². The van der Waals surface area contributed by atoms with Gasteiger partial charge in [0, 0.05) is 5.02 Å². The van der Waals surface area contributed by atoms with Crippen molar-refractivity contribution in [1.29, 1.82) is 0 Å². The van der Waals surface area contributed by atoms with E-state index < -0.39 is 5.97 Å². The highest BCUT2D eigenvalue weighted by Gasteiger charge is 2.17. The van der Waals surface area contributed by atoms with Crippen LogP contribution in [-0.4, -0.2) is 13.1 Å². The third kappa shape index (κ3) is 5.63. The van der Waals surface area contributed by atoms with Crippen LogP contribution in [0.2, 0.25) is 5.02 Å². The first-order valence-corrected chi connectivity index (χ1v) is 11.4. The highest BCUT2D eigenvalue weighted by Crippen LogP contribution is 2.33. The largest absolute Gasteiger partial charge is 0.493 e. The number of hydrogen-bond acceptors (Lipinski definition) is 4. The second-order valence-corrected chi connectivity index (χ2v) is 8.51. The molecule has 0 saturated heterocycles. The highest BCUT2D eigenvalue weighted by molar-refractivity contribution is 6.30. The summed E-state index contributed by atoms with van der Waals surface area (Å²) in [6.45, 7) is 0.366. The minimum atomic E-state index is -0.432. The number of esters is 1. The number of rotatable bonds is 7. The van der Waals surface area contributed by atoms with Gasteiger partial charge in [0.1, 0.15) is 12.4 Å². The summed E-state index contributed by atoms with van der Waals surface area (Å²) in [6.07, 6.45) is 6.41. The normalized spacial score (nSPS) is 14.1. The fraction of sp³-hybridized carbons (Fsp3) is 0.296. The van der Waals surface area contributed by atoms with E-state index in [1.807, 2.05) is 36.4 Å². The topological polar surface area (TPSA) is 44.8 Å². The predicted molar refractivity (Wildman–Crippen MR) is 126 cm³/mol. The smallest absolute Gasteiger partial charge is 0.343 e. The molecule has 5 heteroatoms. The van der Waals surface area contributed by atoms with Gasteiger partial charge in [-0.25, -0.2) is 4.79 Å². The molecule has 0 radical (unpaired) electrons. The van der Waals surface area contributed by atoms with Crippen molar-refractivity contribution in [3.63, 3.8) is 0 Å². The Kier molecular flexibility index (Phi) is 7.33. The first-order valence-electron chi connectivity index (χ1n) is 11.0. The van der Waals surface area contributed by atoms with Crippen LogP contribution in [0.4, 0.5) is 0 Å². The Balaban J connectivity index is 1.39. The van der Waals surface area contributed by atoms with E-state index in [2.05, 4.69) is 12.1 Å². The summed E-state index contributed by atoms with van der Waals surface area (Å²) in [5.74, 6) is 1.75. The molecular weight excluding hydrogens is 424 g/mol. The van der Waals surface area contributed by atoms with Gasteiger partial charge in [-0.2, -0.15) is 0 Å². The van der Waals surface area contributed by atoms with Gasteiger partial charge in [0.2, 0.25) is 0 Å². The van der Waals surface area contributed by atoms with Gasteiger partial charge in [-0.1, -0.05) is 55.1 Å². The van der Waals surface area contributed by atoms with Gasteiger partial charge >= 0.3 is 5.97 Å². The van der Waals surface area contributed by atoms with Gasteiger partial charge in [-0.05, 0) is 72.4 Å². The van der Waals surface area contributed by atoms with E-state index in [0.717, 1.165) is 5.56 Å². The lowest BCUT2D eigenvalue weighted by Crippen LogP contribution is -2.09. The van der Waals surface area contributed by atoms with Crippen molar-refractivity contribution in [3.8, 4) is 17.2 Å². The third-order valence-corrected chi connectivity index (χ3v) is 6.13. The summed E-state index contributed by atoms with van der Waals surface area (Å²) < 4.78 is 16.9. The van der Waals surface area contributed by atoms with E-state index >= 15 is 0 Å². The molecule has 0 heterocycles. The Labute approximate surface area is 194 Å². The molecule has 0 unspecified atom stereocenters. The van der Waals surface area contributed by atoms with E-state index in [1.165, 1.54) is 37.7 Å². The Hall–Kier alpha value is -2.98. The molecule has 166 valence electrons. The zero-order valence-corrected chi connectivity index (χ0v) is 18.9. The van der Waals surface area contributed by atoms with Crippen LogP contribution in [0.15, 0.2) is 66.7 Å². The number of hydrogen-bond donors (Lipinski definition) is 0. The molecule has 4 nitrogen and oxygen atoms in total. The summed E-state index contributed by atoms with van der Waals surface area (Å²) in [7, 11) is 1.55. The molecule has 1 fully saturated rings. The number of methoxy groups -OCH3 is 1. The molecule has 4 rings (SSSR count). The lowest BCUT2D eigenvalue weighted by molar-refractivity contribution is 0.0734. The molecule has 0 aliphatic heterocycles. The Morgan fingerprint density at radius 2 is 1.62 bits per heavy atom. The lowest BCUT2D eigenvalue weighted by Gasteiger charge is -2.22. The zero-order valence-electron chi connectivity index (χ0n) is 18.2. The molecule has 0 aromatic heterocycles. The summed E-state index contributed by atoms with van der Waals surface area (Å²) in [6, 6.07) is 20.4. The Morgan fingerprint density at radius 3 is 2.31 bits per heavy atom. The molecule has 0 spiro atoms. The van der Waals surface area contributed by atoms with Crippen LogP contribution >= 0.6 is 11.6 Å². The molecule has 1 aliphatic rings. The van der Waals surface area contributed by atoms with Crippen molar-refractivity contribution in [1.82, 2.24) is 0 Å². The van der Waals surface area contributed by atoms with E-state index in [0.29, 0.717) is 40.4 Å². The molecule has 32 heavy (non-hydrogen) atoms. The Bertz CT molecular complexity index is 1040. The first-order chi connectivity index (χ1) is 15.6. The third-order valence-electron chi connectivity index (χ3n) is 5.87. The van der Waals surface area contributed by atoms with Crippen molar-refractivity contribution >= 4 is 17.6 Å². The van der Waals surface area contributed by atoms with Crippen LogP contribution in [0.3, 0.4) is 0 Å². The van der Waals surface area contributed by atoms with E-state index in [-0.39, 0.29) is 0 Å². The number of carbonyl (C=O) groups is 1. The van der Waals surface area contributed by atoms with E-state index in [1.54, 1.807) is 25.3 Å². The molecule has 1 aliphatic carbocycles. The minimum absolute atomic E-state index is 0.366. The van der Waals surface area contributed by atoms with Gasteiger partial charge in [-0.3, -0.25) is 0 Å². The molecule has 0 atom stereocenters. The van der Waals surface area contributed by atoms with E-state index in [4.69, 9.17) is 25.8 Å². The van der Waals surface area contributed by atoms with Crippen LogP contribution < -0.4 is 14.2 Å². The quantitative estimate of drug-likeness (QED) is 0.282. The maximum absolute atomic E-state index is 12.7. The van der Waals surface area contributed by atoms with Crippen molar-refractivity contribution in [2.75, 3.05) is 7.11 Å². The second-order valence-electron chi connectivity index (χ2n) is 8.07. The van der Waals surface area contributed by atoms with Crippen LogP contribution in [-0.2, 0) is 6.61 Å². The van der Waals surface area contributed by atoms with Crippen molar-refractivity contribution in [3.05, 3.63) is 88.4 Å². The molecule has 0 bridgehead atoms. The summed E-state index contributed by atoms with van der Waals surface area (Å²) in [5, 5.41) is 0.679. The van der Waals surface area contributed by atoms with Crippen LogP contribution in [0.25, 0.3) is 0 Å². The zero-order chi connectivity index (χ0) is 22.3. The predicted octanol–water partition coefficient (Wildman–Crippen LogP) is 7.19. The second kappa shape index (κ2) is 10.6. The average molecular weight is 451 g/mol. The highest BCUT2D eigenvalue weighted by atomic mass is 35.5. The number of ether oxygens (including phenoxy) is 3.